The van der Waals surface area contributed by atoms with Crippen molar-refractivity contribution in [2.75, 3.05) is 44.2 Å². The van der Waals surface area contributed by atoms with Gasteiger partial charge in [0.25, 0.3) is 0 Å². The standard InChI is InChI=1S/C21H28FN5OS/c1-2-24-21(27-11-9-26(10-12-27)19-4-3-13-29-19)25-15-17(20(23)28)14-16-5-7-18(22)8-6-16/h3-8,13,17H,2,9-12,14-15H2,1H3,(H2,23,28)(H,24,25). The van der Waals surface area contributed by atoms with Crippen molar-refractivity contribution in [2.45, 2.75) is 13.3 Å². The molecule has 0 bridgehead atoms. The van der Waals surface area contributed by atoms with Crippen LogP contribution in [0.25, 0.3) is 0 Å². The molecule has 1 atom stereocenters. The summed E-state index contributed by atoms with van der Waals surface area (Å²) in [6, 6.07) is 10.4. The fraction of sp³-hybridized carbons (Fsp3) is 0.429. The maximum Gasteiger partial charge on any atom is 0.222 e. The van der Waals surface area contributed by atoms with Gasteiger partial charge in [0.15, 0.2) is 5.96 Å². The lowest BCUT2D eigenvalue weighted by Crippen LogP contribution is -2.52. The number of nitrogens with one attached hydrogen (secondary N) is 1. The van der Waals surface area contributed by atoms with Crippen LogP contribution in [0.15, 0.2) is 46.8 Å². The van der Waals surface area contributed by atoms with Crippen molar-refractivity contribution in [1.82, 2.24) is 10.2 Å². The van der Waals surface area contributed by atoms with Crippen LogP contribution in [-0.4, -0.2) is 56.0 Å². The molecule has 1 aromatic heterocycles. The number of nitrogens with zero attached hydrogens (tertiary/aromatic N) is 3. The largest absolute Gasteiger partial charge is 0.369 e. The van der Waals surface area contributed by atoms with E-state index in [-0.39, 0.29) is 5.82 Å². The summed E-state index contributed by atoms with van der Waals surface area (Å²) in [5.74, 6) is -0.305. The smallest absolute Gasteiger partial charge is 0.222 e. The number of carbonyl (C=O) groups is 1. The van der Waals surface area contributed by atoms with Crippen molar-refractivity contribution < 1.29 is 9.18 Å². The Morgan fingerprint density at radius 3 is 2.55 bits per heavy atom. The first-order chi connectivity index (χ1) is 14.1. The molecule has 0 aliphatic carbocycles. The number of nitrogens with two attached hydrogens (primary N) is 1. The maximum atomic E-state index is 13.1. The van der Waals surface area contributed by atoms with Crippen LogP contribution in [0.5, 0.6) is 0 Å². The van der Waals surface area contributed by atoms with Crippen LogP contribution < -0.4 is 16.0 Å². The molecule has 2 aromatic rings. The molecule has 0 radical (unpaired) electrons. The summed E-state index contributed by atoms with van der Waals surface area (Å²) in [5, 5.41) is 6.71. The third kappa shape index (κ3) is 5.93. The van der Waals surface area contributed by atoms with Crippen molar-refractivity contribution in [2.24, 2.45) is 16.6 Å². The van der Waals surface area contributed by atoms with E-state index in [0.29, 0.717) is 13.0 Å². The highest BCUT2D eigenvalue weighted by Crippen LogP contribution is 2.22. The van der Waals surface area contributed by atoms with Crippen LogP contribution in [0.4, 0.5) is 9.39 Å². The number of aliphatic imine (C=N–C) groups is 1. The zero-order valence-electron chi connectivity index (χ0n) is 16.7. The summed E-state index contributed by atoms with van der Waals surface area (Å²) < 4.78 is 13.1. The first-order valence-electron chi connectivity index (χ1n) is 9.92. The van der Waals surface area contributed by atoms with Crippen molar-refractivity contribution in [3.8, 4) is 0 Å². The van der Waals surface area contributed by atoms with E-state index in [2.05, 4.69) is 32.6 Å². The van der Waals surface area contributed by atoms with Crippen molar-refractivity contribution >= 4 is 28.2 Å². The number of carbonyl (C=O) groups excluding carboxylic acids is 1. The van der Waals surface area contributed by atoms with E-state index >= 15 is 0 Å². The Morgan fingerprint density at radius 2 is 1.97 bits per heavy atom. The number of thiophene rings is 1. The molecular weight excluding hydrogens is 389 g/mol. The Morgan fingerprint density at radius 1 is 1.24 bits per heavy atom. The SMILES string of the molecule is CCNC(=NCC(Cc1ccc(F)cc1)C(N)=O)N1CCN(c2cccs2)CC1. The maximum absolute atomic E-state index is 13.1. The molecule has 6 nitrogen and oxygen atoms in total. The highest BCUT2D eigenvalue weighted by molar-refractivity contribution is 7.14. The molecule has 8 heteroatoms. The molecule has 0 spiro atoms. The van der Waals surface area contributed by atoms with Gasteiger partial charge in [0.2, 0.25) is 5.91 Å². The van der Waals surface area contributed by atoms with E-state index in [1.54, 1.807) is 23.5 Å². The third-order valence-electron chi connectivity index (χ3n) is 4.99. The molecule has 29 heavy (non-hydrogen) atoms. The second kappa shape index (κ2) is 10.2. The molecule has 1 amide bonds. The van der Waals surface area contributed by atoms with Crippen LogP contribution in [0.3, 0.4) is 0 Å². The van der Waals surface area contributed by atoms with E-state index in [1.807, 2.05) is 6.92 Å². The van der Waals surface area contributed by atoms with Crippen LogP contribution in [-0.2, 0) is 11.2 Å². The molecule has 2 heterocycles. The Kier molecular flexibility index (Phi) is 7.46. The second-order valence-electron chi connectivity index (χ2n) is 7.05. The Hall–Kier alpha value is -2.61. The summed E-state index contributed by atoms with van der Waals surface area (Å²) >= 11 is 1.76. The van der Waals surface area contributed by atoms with Gasteiger partial charge in [-0.25, -0.2) is 4.39 Å². The number of benzene rings is 1. The fourth-order valence-electron chi connectivity index (χ4n) is 3.37. The molecular formula is C21H28FN5OS. The Labute approximate surface area is 175 Å². The quantitative estimate of drug-likeness (QED) is 0.536. The van der Waals surface area contributed by atoms with Crippen LogP contribution in [0, 0.1) is 11.7 Å². The molecule has 1 saturated heterocycles. The molecule has 0 saturated carbocycles. The van der Waals surface area contributed by atoms with Gasteiger partial charge >= 0.3 is 0 Å². The minimum absolute atomic E-state index is 0.293. The molecule has 1 aliphatic heterocycles. The van der Waals surface area contributed by atoms with Gasteiger partial charge in [-0.1, -0.05) is 12.1 Å². The molecule has 1 aliphatic rings. The van der Waals surface area contributed by atoms with E-state index < -0.39 is 11.8 Å². The van der Waals surface area contributed by atoms with Crippen LogP contribution in [0.2, 0.25) is 0 Å². The zero-order chi connectivity index (χ0) is 20.6. The van der Waals surface area contributed by atoms with Gasteiger partial charge in [-0.3, -0.25) is 9.79 Å². The lowest BCUT2D eigenvalue weighted by atomic mass is 9.99. The number of rotatable bonds is 7. The molecule has 1 unspecified atom stereocenters. The fourth-order valence-corrected chi connectivity index (χ4v) is 4.16. The summed E-state index contributed by atoms with van der Waals surface area (Å²) in [6.45, 7) is 6.68. The summed E-state index contributed by atoms with van der Waals surface area (Å²) in [5.41, 5.74) is 6.48. The van der Waals surface area contributed by atoms with Crippen LogP contribution >= 0.6 is 11.3 Å². The van der Waals surface area contributed by atoms with Gasteiger partial charge < -0.3 is 20.9 Å². The highest BCUT2D eigenvalue weighted by atomic mass is 32.1. The number of amides is 1. The van der Waals surface area contributed by atoms with Crippen molar-refractivity contribution in [3.63, 3.8) is 0 Å². The van der Waals surface area contributed by atoms with Gasteiger partial charge in [-0.05, 0) is 48.6 Å². The summed E-state index contributed by atoms with van der Waals surface area (Å²) in [7, 11) is 0. The normalized spacial score (nSPS) is 16.0. The number of halogens is 1. The average Bonchev–Trinajstić information content (AvgIpc) is 3.26. The number of guanidine groups is 1. The molecule has 1 fully saturated rings. The topological polar surface area (TPSA) is 74.0 Å². The van der Waals surface area contributed by atoms with Crippen molar-refractivity contribution in [3.05, 3.63) is 53.2 Å². The second-order valence-corrected chi connectivity index (χ2v) is 7.98. The monoisotopic (exact) mass is 417 g/mol. The first kappa shape index (κ1) is 21.1. The zero-order valence-corrected chi connectivity index (χ0v) is 17.5. The van der Waals surface area contributed by atoms with E-state index in [4.69, 9.17) is 10.7 Å². The van der Waals surface area contributed by atoms with E-state index in [1.165, 1.54) is 17.1 Å². The predicted octanol–water partition coefficient (Wildman–Crippen LogP) is 2.32. The number of anilines is 1. The van der Waals surface area contributed by atoms with E-state index in [9.17, 15) is 9.18 Å². The number of piperazine rings is 1. The van der Waals surface area contributed by atoms with Gasteiger partial charge in [-0.15, -0.1) is 11.3 Å². The number of hydrogen-bond donors (Lipinski definition) is 2. The third-order valence-corrected chi connectivity index (χ3v) is 5.92. The summed E-state index contributed by atoms with van der Waals surface area (Å²) in [4.78, 5) is 21.2. The molecule has 3 N–H and O–H groups in total. The molecule has 156 valence electrons. The Bertz CT molecular complexity index is 801. The minimum Gasteiger partial charge on any atom is -0.369 e. The molecule has 1 aromatic carbocycles. The van der Waals surface area contributed by atoms with Crippen LogP contribution in [0.1, 0.15) is 12.5 Å². The van der Waals surface area contributed by atoms with Crippen molar-refractivity contribution in [1.29, 1.82) is 0 Å². The number of primary amides is 1. The highest BCUT2D eigenvalue weighted by Gasteiger charge is 2.22. The lowest BCUT2D eigenvalue weighted by molar-refractivity contribution is -0.121. The lowest BCUT2D eigenvalue weighted by Gasteiger charge is -2.37. The van der Waals surface area contributed by atoms with Gasteiger partial charge in [0.05, 0.1) is 17.5 Å². The first-order valence-corrected chi connectivity index (χ1v) is 10.8. The van der Waals surface area contributed by atoms with Gasteiger partial charge in [-0.2, -0.15) is 0 Å². The predicted molar refractivity (Wildman–Crippen MR) is 117 cm³/mol. The molecule has 3 rings (SSSR count). The number of hydrogen-bond acceptors (Lipinski definition) is 4. The van der Waals surface area contributed by atoms with Gasteiger partial charge in [0, 0.05) is 32.7 Å². The summed E-state index contributed by atoms with van der Waals surface area (Å²) in [6.07, 6.45) is 0.449. The average molecular weight is 418 g/mol. The Balaban J connectivity index is 1.62. The minimum atomic E-state index is -0.429. The van der Waals surface area contributed by atoms with E-state index in [0.717, 1.165) is 44.2 Å². The van der Waals surface area contributed by atoms with Gasteiger partial charge in [0.1, 0.15) is 5.82 Å².